The summed E-state index contributed by atoms with van der Waals surface area (Å²) < 4.78 is 38.5. The van der Waals surface area contributed by atoms with E-state index in [1.165, 1.54) is 16.4 Å². The van der Waals surface area contributed by atoms with Gasteiger partial charge in [0.1, 0.15) is 5.75 Å². The Balaban J connectivity index is 1.56. The van der Waals surface area contributed by atoms with Gasteiger partial charge in [-0.1, -0.05) is 0 Å². The van der Waals surface area contributed by atoms with Gasteiger partial charge < -0.3 is 14.4 Å². The molecule has 166 valence electrons. The minimum absolute atomic E-state index is 0.135. The third kappa shape index (κ3) is 4.33. The molecule has 2 aliphatic heterocycles. The van der Waals surface area contributed by atoms with Gasteiger partial charge in [-0.05, 0) is 74.7 Å². The number of benzene rings is 2. The summed E-state index contributed by atoms with van der Waals surface area (Å²) in [5.74, 6) is 0.637. The molecule has 8 heteroatoms. The van der Waals surface area contributed by atoms with Gasteiger partial charge in [-0.25, -0.2) is 8.42 Å². The van der Waals surface area contributed by atoms with Crippen LogP contribution in [0.25, 0.3) is 0 Å². The van der Waals surface area contributed by atoms with Crippen molar-refractivity contribution in [1.29, 1.82) is 0 Å². The van der Waals surface area contributed by atoms with Crippen molar-refractivity contribution in [3.63, 3.8) is 0 Å². The lowest BCUT2D eigenvalue weighted by molar-refractivity contribution is -0.0440. The van der Waals surface area contributed by atoms with Gasteiger partial charge in [0.05, 0.1) is 24.2 Å². The molecule has 31 heavy (non-hydrogen) atoms. The highest BCUT2D eigenvalue weighted by molar-refractivity contribution is 7.89. The molecule has 0 bridgehead atoms. The van der Waals surface area contributed by atoms with Crippen molar-refractivity contribution in [2.24, 2.45) is 0 Å². The number of rotatable bonds is 4. The second kappa shape index (κ2) is 8.61. The van der Waals surface area contributed by atoms with E-state index in [0.29, 0.717) is 25.2 Å². The van der Waals surface area contributed by atoms with Crippen molar-refractivity contribution in [3.05, 3.63) is 53.6 Å². The molecule has 2 aromatic carbocycles. The van der Waals surface area contributed by atoms with Crippen LogP contribution < -0.4 is 9.64 Å². The Morgan fingerprint density at radius 2 is 1.74 bits per heavy atom. The highest BCUT2D eigenvalue weighted by atomic mass is 32.2. The topological polar surface area (TPSA) is 76.2 Å². The van der Waals surface area contributed by atoms with Crippen molar-refractivity contribution in [2.75, 3.05) is 31.6 Å². The molecule has 2 aliphatic rings. The van der Waals surface area contributed by atoms with E-state index < -0.39 is 10.0 Å². The summed E-state index contributed by atoms with van der Waals surface area (Å²) in [6.07, 6.45) is 1.45. The summed E-state index contributed by atoms with van der Waals surface area (Å²) in [6, 6.07) is 12.0. The highest BCUT2D eigenvalue weighted by Crippen LogP contribution is 2.32. The van der Waals surface area contributed by atoms with E-state index in [4.69, 9.17) is 9.47 Å². The maximum atomic E-state index is 13.2. The third-order valence-corrected chi connectivity index (χ3v) is 7.62. The molecule has 0 spiro atoms. The van der Waals surface area contributed by atoms with Gasteiger partial charge in [-0.2, -0.15) is 4.31 Å². The fraction of sp³-hybridized carbons (Fsp3) is 0.435. The summed E-state index contributed by atoms with van der Waals surface area (Å²) in [6.45, 7) is 5.00. The van der Waals surface area contributed by atoms with E-state index in [0.717, 1.165) is 29.8 Å². The zero-order valence-electron chi connectivity index (χ0n) is 18.1. The Bertz CT molecular complexity index is 1060. The molecule has 4 rings (SSSR count). The fourth-order valence-corrected chi connectivity index (χ4v) is 5.90. The van der Waals surface area contributed by atoms with E-state index in [-0.39, 0.29) is 23.0 Å². The Labute approximate surface area is 183 Å². The monoisotopic (exact) mass is 444 g/mol. The number of sulfonamides is 1. The first-order valence-electron chi connectivity index (χ1n) is 10.5. The molecule has 7 nitrogen and oxygen atoms in total. The molecule has 2 aromatic rings. The SMILES string of the molecule is COc1ccc2c(c1)CCCN2C(=O)c1ccc(S(=O)(=O)N2C[C@@H](C)O[C@H](C)C2)cc1. The third-order valence-electron chi connectivity index (χ3n) is 5.78. The molecule has 1 fully saturated rings. The van der Waals surface area contributed by atoms with Crippen molar-refractivity contribution in [3.8, 4) is 5.75 Å². The lowest BCUT2D eigenvalue weighted by Crippen LogP contribution is -2.48. The summed E-state index contributed by atoms with van der Waals surface area (Å²) in [5, 5.41) is 0. The van der Waals surface area contributed by atoms with Gasteiger partial charge in [0, 0.05) is 30.9 Å². The van der Waals surface area contributed by atoms with Crippen molar-refractivity contribution < 1.29 is 22.7 Å². The molecule has 2 atom stereocenters. The van der Waals surface area contributed by atoms with Crippen LogP contribution in [-0.2, 0) is 21.2 Å². The van der Waals surface area contributed by atoms with E-state index in [1.54, 1.807) is 24.1 Å². The fourth-order valence-electron chi connectivity index (χ4n) is 4.31. The number of carbonyl (C=O) groups is 1. The number of hydrogen-bond donors (Lipinski definition) is 0. The molecule has 0 saturated carbocycles. The number of ether oxygens (including phenoxy) is 2. The van der Waals surface area contributed by atoms with Gasteiger partial charge in [-0.3, -0.25) is 4.79 Å². The second-order valence-electron chi connectivity index (χ2n) is 8.16. The highest BCUT2D eigenvalue weighted by Gasteiger charge is 2.32. The van der Waals surface area contributed by atoms with Crippen LogP contribution in [0.1, 0.15) is 36.2 Å². The van der Waals surface area contributed by atoms with Crippen LogP contribution >= 0.6 is 0 Å². The number of fused-ring (bicyclic) bond motifs is 1. The lowest BCUT2D eigenvalue weighted by Gasteiger charge is -2.34. The summed E-state index contributed by atoms with van der Waals surface area (Å²) >= 11 is 0. The summed E-state index contributed by atoms with van der Waals surface area (Å²) in [7, 11) is -2.01. The van der Waals surface area contributed by atoms with Crippen LogP contribution in [-0.4, -0.2) is 57.6 Å². The minimum Gasteiger partial charge on any atom is -0.497 e. The van der Waals surface area contributed by atoms with Crippen LogP contribution in [0.4, 0.5) is 5.69 Å². The quantitative estimate of drug-likeness (QED) is 0.724. The van der Waals surface area contributed by atoms with Crippen LogP contribution in [0.3, 0.4) is 0 Å². The lowest BCUT2D eigenvalue weighted by atomic mass is 10.0. The largest absolute Gasteiger partial charge is 0.497 e. The number of morpholine rings is 1. The standard InChI is InChI=1S/C23H28N2O5S/c1-16-14-24(15-17(2)30-16)31(27,28)21-9-6-18(7-10-21)23(26)25-12-4-5-19-13-20(29-3)8-11-22(19)25/h6-11,13,16-17H,4-5,12,14-15H2,1-3H3/t16-,17-/m1/s1. The van der Waals surface area contributed by atoms with Gasteiger partial charge in [0.2, 0.25) is 10.0 Å². The molecular formula is C23H28N2O5S. The number of aryl methyl sites for hydroxylation is 1. The maximum Gasteiger partial charge on any atom is 0.258 e. The van der Waals surface area contributed by atoms with E-state index >= 15 is 0 Å². The summed E-state index contributed by atoms with van der Waals surface area (Å²) in [5.41, 5.74) is 2.42. The minimum atomic E-state index is -3.64. The van der Waals surface area contributed by atoms with Crippen molar-refractivity contribution >= 4 is 21.6 Å². The first kappa shape index (κ1) is 21.8. The number of nitrogens with zero attached hydrogens (tertiary/aromatic N) is 2. The second-order valence-corrected chi connectivity index (χ2v) is 10.1. The number of hydrogen-bond acceptors (Lipinski definition) is 5. The van der Waals surface area contributed by atoms with Crippen LogP contribution in [0, 0.1) is 0 Å². The van der Waals surface area contributed by atoms with Crippen molar-refractivity contribution in [2.45, 2.75) is 43.8 Å². The maximum absolute atomic E-state index is 13.2. The zero-order chi connectivity index (χ0) is 22.2. The summed E-state index contributed by atoms with van der Waals surface area (Å²) in [4.78, 5) is 15.1. The first-order chi connectivity index (χ1) is 14.8. The molecular weight excluding hydrogens is 416 g/mol. The van der Waals surface area contributed by atoms with Gasteiger partial charge in [0.25, 0.3) is 5.91 Å². The van der Waals surface area contributed by atoms with E-state index in [9.17, 15) is 13.2 Å². The zero-order valence-corrected chi connectivity index (χ0v) is 18.9. The van der Waals surface area contributed by atoms with Gasteiger partial charge in [-0.15, -0.1) is 0 Å². The Hall–Kier alpha value is -2.42. The Kier molecular flexibility index (Phi) is 6.05. The van der Waals surface area contributed by atoms with Crippen molar-refractivity contribution in [1.82, 2.24) is 4.31 Å². The molecule has 1 saturated heterocycles. The molecule has 0 unspecified atom stereocenters. The molecule has 2 heterocycles. The molecule has 0 aromatic heterocycles. The van der Waals surface area contributed by atoms with Crippen LogP contribution in [0.2, 0.25) is 0 Å². The number of anilines is 1. The van der Waals surface area contributed by atoms with E-state index in [2.05, 4.69) is 0 Å². The number of carbonyl (C=O) groups excluding carboxylic acids is 1. The van der Waals surface area contributed by atoms with Crippen LogP contribution in [0.5, 0.6) is 5.75 Å². The smallest absolute Gasteiger partial charge is 0.258 e. The van der Waals surface area contributed by atoms with Gasteiger partial charge >= 0.3 is 0 Å². The Morgan fingerprint density at radius 1 is 1.06 bits per heavy atom. The average Bonchev–Trinajstić information content (AvgIpc) is 2.77. The molecule has 1 amide bonds. The predicted octanol–water partition coefficient (Wildman–Crippen LogP) is 3.09. The number of amides is 1. The normalized spacial score (nSPS) is 22.1. The Morgan fingerprint density at radius 3 is 2.39 bits per heavy atom. The van der Waals surface area contributed by atoms with Gasteiger partial charge in [0.15, 0.2) is 0 Å². The molecule has 0 aliphatic carbocycles. The van der Waals surface area contributed by atoms with Crippen LogP contribution in [0.15, 0.2) is 47.4 Å². The predicted molar refractivity (Wildman–Crippen MR) is 118 cm³/mol. The first-order valence-corrected chi connectivity index (χ1v) is 12.0. The average molecular weight is 445 g/mol. The molecule has 0 N–H and O–H groups in total. The van der Waals surface area contributed by atoms with E-state index in [1.807, 2.05) is 32.0 Å². The molecule has 0 radical (unpaired) electrons. The number of methoxy groups -OCH3 is 1.